The van der Waals surface area contributed by atoms with Crippen LogP contribution in [0.4, 0.5) is 0 Å². The zero-order valence-electron chi connectivity index (χ0n) is 14.9. The van der Waals surface area contributed by atoms with E-state index in [4.69, 9.17) is 14.5 Å². The molecule has 26 heavy (non-hydrogen) atoms. The Labute approximate surface area is 153 Å². The van der Waals surface area contributed by atoms with Gasteiger partial charge in [-0.2, -0.15) is 0 Å². The average Bonchev–Trinajstić information content (AvgIpc) is 2.89. The molecule has 1 aromatic heterocycles. The monoisotopic (exact) mass is 355 g/mol. The van der Waals surface area contributed by atoms with Crippen LogP contribution in [-0.4, -0.2) is 47.9 Å². The van der Waals surface area contributed by atoms with Crippen LogP contribution in [0.5, 0.6) is 0 Å². The van der Waals surface area contributed by atoms with E-state index in [9.17, 15) is 4.79 Å². The molecule has 1 amide bonds. The summed E-state index contributed by atoms with van der Waals surface area (Å²) in [7, 11) is 0. The van der Waals surface area contributed by atoms with Crippen molar-refractivity contribution in [3.05, 3.63) is 41.7 Å². The summed E-state index contributed by atoms with van der Waals surface area (Å²) in [5, 5.41) is 2.98. The third-order valence-electron chi connectivity index (χ3n) is 4.99. The SMILES string of the molecule is O=C(NC[C@H]1COCCO1)c1nc(-c2ccccc2)n2c1CCCCC2. The Morgan fingerprint density at radius 1 is 1.19 bits per heavy atom. The molecule has 6 heteroatoms. The number of fused-ring (bicyclic) bond motifs is 1. The van der Waals surface area contributed by atoms with E-state index in [1.165, 1.54) is 6.42 Å². The molecule has 0 radical (unpaired) electrons. The summed E-state index contributed by atoms with van der Waals surface area (Å²) < 4.78 is 13.2. The second kappa shape index (κ2) is 8.01. The molecule has 1 atom stereocenters. The highest BCUT2D eigenvalue weighted by Gasteiger charge is 2.25. The van der Waals surface area contributed by atoms with Crippen LogP contribution in [0.2, 0.25) is 0 Å². The van der Waals surface area contributed by atoms with Gasteiger partial charge in [-0.1, -0.05) is 36.8 Å². The van der Waals surface area contributed by atoms with E-state index in [0.717, 1.165) is 42.9 Å². The molecular formula is C20H25N3O3. The van der Waals surface area contributed by atoms with E-state index in [-0.39, 0.29) is 12.0 Å². The number of benzene rings is 1. The maximum atomic E-state index is 12.8. The zero-order valence-corrected chi connectivity index (χ0v) is 14.9. The van der Waals surface area contributed by atoms with Crippen LogP contribution in [0.1, 0.15) is 35.4 Å². The van der Waals surface area contributed by atoms with Gasteiger partial charge in [0.15, 0.2) is 0 Å². The zero-order chi connectivity index (χ0) is 17.8. The molecule has 4 rings (SSSR count). The lowest BCUT2D eigenvalue weighted by atomic mass is 10.1. The third kappa shape index (κ3) is 3.66. The minimum Gasteiger partial charge on any atom is -0.376 e. The topological polar surface area (TPSA) is 65.4 Å². The number of carbonyl (C=O) groups excluding carboxylic acids is 1. The molecule has 6 nitrogen and oxygen atoms in total. The first-order valence-corrected chi connectivity index (χ1v) is 9.45. The summed E-state index contributed by atoms with van der Waals surface area (Å²) in [6.07, 6.45) is 4.22. The van der Waals surface area contributed by atoms with E-state index >= 15 is 0 Å². The highest BCUT2D eigenvalue weighted by atomic mass is 16.6. The predicted molar refractivity (Wildman–Crippen MR) is 98.1 cm³/mol. The van der Waals surface area contributed by atoms with Gasteiger partial charge < -0.3 is 19.4 Å². The van der Waals surface area contributed by atoms with Crippen LogP contribution in [-0.2, 0) is 22.4 Å². The Balaban J connectivity index is 1.58. The summed E-state index contributed by atoms with van der Waals surface area (Å²) in [5.41, 5.74) is 2.67. The molecule has 0 bridgehead atoms. The summed E-state index contributed by atoms with van der Waals surface area (Å²) in [4.78, 5) is 17.6. The van der Waals surface area contributed by atoms with Crippen molar-refractivity contribution in [1.29, 1.82) is 0 Å². The number of hydrogen-bond acceptors (Lipinski definition) is 4. The predicted octanol–water partition coefficient (Wildman–Crippen LogP) is 2.42. The van der Waals surface area contributed by atoms with Crippen molar-refractivity contribution < 1.29 is 14.3 Å². The fourth-order valence-corrected chi connectivity index (χ4v) is 3.65. The highest BCUT2D eigenvalue weighted by molar-refractivity contribution is 5.94. The van der Waals surface area contributed by atoms with Gasteiger partial charge in [-0.15, -0.1) is 0 Å². The molecule has 0 spiro atoms. The van der Waals surface area contributed by atoms with Crippen LogP contribution in [0, 0.1) is 0 Å². The van der Waals surface area contributed by atoms with Crippen LogP contribution in [0.3, 0.4) is 0 Å². The van der Waals surface area contributed by atoms with Crippen LogP contribution in [0.25, 0.3) is 11.4 Å². The number of ether oxygens (including phenoxy) is 2. The molecule has 2 aliphatic rings. The molecular weight excluding hydrogens is 330 g/mol. The smallest absolute Gasteiger partial charge is 0.271 e. The lowest BCUT2D eigenvalue weighted by molar-refractivity contribution is -0.0855. The van der Waals surface area contributed by atoms with Crippen molar-refractivity contribution in [3.8, 4) is 11.4 Å². The van der Waals surface area contributed by atoms with Gasteiger partial charge in [-0.3, -0.25) is 4.79 Å². The summed E-state index contributed by atoms with van der Waals surface area (Å²) in [6.45, 7) is 3.10. The van der Waals surface area contributed by atoms with E-state index in [1.54, 1.807) is 0 Å². The maximum Gasteiger partial charge on any atom is 0.271 e. The fourth-order valence-electron chi connectivity index (χ4n) is 3.65. The molecule has 2 aliphatic heterocycles. The van der Waals surface area contributed by atoms with E-state index in [0.29, 0.717) is 32.1 Å². The van der Waals surface area contributed by atoms with Gasteiger partial charge in [0.05, 0.1) is 31.6 Å². The van der Waals surface area contributed by atoms with Gasteiger partial charge in [0.25, 0.3) is 5.91 Å². The first-order chi connectivity index (χ1) is 12.8. The summed E-state index contributed by atoms with van der Waals surface area (Å²) in [6, 6.07) is 10.1. The largest absolute Gasteiger partial charge is 0.376 e. The van der Waals surface area contributed by atoms with Crippen molar-refractivity contribution in [3.63, 3.8) is 0 Å². The Morgan fingerprint density at radius 2 is 2.08 bits per heavy atom. The third-order valence-corrected chi connectivity index (χ3v) is 4.99. The highest BCUT2D eigenvalue weighted by Crippen LogP contribution is 2.27. The van der Waals surface area contributed by atoms with Crippen molar-refractivity contribution in [1.82, 2.24) is 14.9 Å². The lowest BCUT2D eigenvalue weighted by Gasteiger charge is -2.22. The van der Waals surface area contributed by atoms with E-state index in [2.05, 4.69) is 22.0 Å². The van der Waals surface area contributed by atoms with Gasteiger partial charge in [-0.25, -0.2) is 4.98 Å². The minimum absolute atomic E-state index is 0.0810. The lowest BCUT2D eigenvalue weighted by Crippen LogP contribution is -2.40. The quantitative estimate of drug-likeness (QED) is 0.915. The maximum absolute atomic E-state index is 12.8. The standard InChI is InChI=1S/C20H25N3O3/c24-20(21-13-16-14-25-11-12-26-16)18-17-9-5-2-6-10-23(17)19(22-18)15-7-3-1-4-8-15/h1,3-4,7-8,16H,2,5-6,9-14H2,(H,21,24)/t16-/m0/s1. The molecule has 3 heterocycles. The number of amides is 1. The van der Waals surface area contributed by atoms with Crippen molar-refractivity contribution in [2.24, 2.45) is 0 Å². The number of rotatable bonds is 4. The van der Waals surface area contributed by atoms with Crippen molar-refractivity contribution in [2.45, 2.75) is 38.3 Å². The van der Waals surface area contributed by atoms with Gasteiger partial charge in [-0.05, 0) is 19.3 Å². The minimum atomic E-state index is -0.119. The van der Waals surface area contributed by atoms with Crippen molar-refractivity contribution in [2.75, 3.05) is 26.4 Å². The van der Waals surface area contributed by atoms with Gasteiger partial charge in [0.2, 0.25) is 0 Å². The molecule has 0 aliphatic carbocycles. The normalized spacial score (nSPS) is 20.2. The first kappa shape index (κ1) is 17.2. The molecule has 1 saturated heterocycles. The number of nitrogens with one attached hydrogen (secondary N) is 1. The second-order valence-corrected chi connectivity index (χ2v) is 6.84. The van der Waals surface area contributed by atoms with E-state index in [1.807, 2.05) is 18.2 Å². The number of carbonyl (C=O) groups is 1. The summed E-state index contributed by atoms with van der Waals surface area (Å²) >= 11 is 0. The van der Waals surface area contributed by atoms with E-state index < -0.39 is 0 Å². The van der Waals surface area contributed by atoms with Crippen LogP contribution >= 0.6 is 0 Å². The molecule has 1 fully saturated rings. The molecule has 1 aromatic carbocycles. The Bertz CT molecular complexity index is 751. The Morgan fingerprint density at radius 3 is 2.88 bits per heavy atom. The average molecular weight is 355 g/mol. The van der Waals surface area contributed by atoms with Gasteiger partial charge >= 0.3 is 0 Å². The first-order valence-electron chi connectivity index (χ1n) is 9.45. The van der Waals surface area contributed by atoms with Crippen LogP contribution in [0.15, 0.2) is 30.3 Å². The summed E-state index contributed by atoms with van der Waals surface area (Å²) in [5.74, 6) is 0.775. The van der Waals surface area contributed by atoms with Gasteiger partial charge in [0.1, 0.15) is 11.5 Å². The van der Waals surface area contributed by atoms with Crippen molar-refractivity contribution >= 4 is 5.91 Å². The molecule has 138 valence electrons. The molecule has 2 aromatic rings. The fraction of sp³-hybridized carbons (Fsp3) is 0.500. The second-order valence-electron chi connectivity index (χ2n) is 6.84. The molecule has 0 saturated carbocycles. The number of nitrogens with zero attached hydrogens (tertiary/aromatic N) is 2. The molecule has 0 unspecified atom stereocenters. The number of hydrogen-bond donors (Lipinski definition) is 1. The number of aromatic nitrogens is 2. The number of imidazole rings is 1. The van der Waals surface area contributed by atoms with Gasteiger partial charge in [0, 0.05) is 18.7 Å². The Kier molecular flexibility index (Phi) is 5.32. The molecule has 1 N–H and O–H groups in total. The Hall–Kier alpha value is -2.18. The van der Waals surface area contributed by atoms with Crippen LogP contribution < -0.4 is 5.32 Å².